The Hall–Kier alpha value is -1.69. The van der Waals surface area contributed by atoms with E-state index in [0.29, 0.717) is 0 Å². The first-order valence-electron chi connectivity index (χ1n) is 4.91. The maximum absolute atomic E-state index is 11.8. The van der Waals surface area contributed by atoms with E-state index in [1.807, 2.05) is 0 Å². The molecule has 3 aliphatic heterocycles. The number of amides is 2. The number of carbonyl (C=O) groups is 3. The summed E-state index contributed by atoms with van der Waals surface area (Å²) in [6, 6.07) is 0. The molecular formula is C10H9NO5. The Balaban J connectivity index is 2.18. The first-order chi connectivity index (χ1) is 7.47. The highest BCUT2D eigenvalue weighted by atomic mass is 16.6. The molecule has 2 bridgehead atoms. The molecule has 1 N–H and O–H groups in total. The van der Waals surface area contributed by atoms with E-state index in [1.165, 1.54) is 19.2 Å². The molecule has 2 amide bonds. The highest BCUT2D eigenvalue weighted by molar-refractivity contribution is 6.10. The maximum atomic E-state index is 11.8. The second kappa shape index (κ2) is 2.52. The van der Waals surface area contributed by atoms with E-state index < -0.39 is 41.3 Å². The van der Waals surface area contributed by atoms with Gasteiger partial charge in [-0.1, -0.05) is 0 Å². The smallest absolute Gasteiger partial charge is 0.343 e. The highest BCUT2D eigenvalue weighted by Crippen LogP contribution is 2.46. The molecule has 6 heteroatoms. The van der Waals surface area contributed by atoms with Crippen molar-refractivity contribution >= 4 is 17.8 Å². The first kappa shape index (κ1) is 9.53. The van der Waals surface area contributed by atoms with Crippen LogP contribution in [0.5, 0.6) is 0 Å². The third-order valence-corrected chi connectivity index (χ3v) is 3.51. The Kier molecular flexibility index (Phi) is 1.50. The van der Waals surface area contributed by atoms with E-state index in [2.05, 4.69) is 0 Å². The lowest BCUT2D eigenvalue weighted by atomic mass is 9.70. The van der Waals surface area contributed by atoms with Gasteiger partial charge in [0.2, 0.25) is 11.8 Å². The van der Waals surface area contributed by atoms with Gasteiger partial charge in [-0.25, -0.2) is 4.79 Å². The number of nitrogens with zero attached hydrogens (tertiary/aromatic N) is 1. The van der Waals surface area contributed by atoms with Gasteiger partial charge in [-0.3, -0.25) is 14.5 Å². The Morgan fingerprint density at radius 3 is 2.69 bits per heavy atom. The average molecular weight is 223 g/mol. The molecule has 4 aliphatic rings. The number of hydrogen-bond acceptors (Lipinski definition) is 5. The lowest BCUT2D eigenvalue weighted by molar-refractivity contribution is -0.192. The topological polar surface area (TPSA) is 83.9 Å². The molecule has 0 aromatic rings. The van der Waals surface area contributed by atoms with Gasteiger partial charge in [-0.15, -0.1) is 0 Å². The summed E-state index contributed by atoms with van der Waals surface area (Å²) < 4.78 is 4.89. The molecule has 0 aromatic carbocycles. The minimum absolute atomic E-state index is 0.407. The van der Waals surface area contributed by atoms with E-state index in [0.717, 1.165) is 4.90 Å². The van der Waals surface area contributed by atoms with E-state index in [9.17, 15) is 19.5 Å². The molecule has 0 spiro atoms. The van der Waals surface area contributed by atoms with Gasteiger partial charge in [-0.2, -0.15) is 0 Å². The van der Waals surface area contributed by atoms with Crippen molar-refractivity contribution in [3.05, 3.63) is 12.2 Å². The van der Waals surface area contributed by atoms with Crippen molar-refractivity contribution < 1.29 is 24.2 Å². The Morgan fingerprint density at radius 1 is 1.38 bits per heavy atom. The predicted molar refractivity (Wildman–Crippen MR) is 48.7 cm³/mol. The zero-order valence-corrected chi connectivity index (χ0v) is 8.41. The number of likely N-dealkylation sites (tertiary alicyclic amines) is 1. The van der Waals surface area contributed by atoms with Crippen molar-refractivity contribution in [2.75, 3.05) is 7.05 Å². The molecule has 2 saturated heterocycles. The summed E-state index contributed by atoms with van der Waals surface area (Å²) in [4.78, 5) is 36.0. The maximum Gasteiger partial charge on any atom is 0.343 e. The van der Waals surface area contributed by atoms with Crippen molar-refractivity contribution in [1.29, 1.82) is 0 Å². The van der Waals surface area contributed by atoms with Gasteiger partial charge in [0.1, 0.15) is 6.10 Å². The summed E-state index contributed by atoms with van der Waals surface area (Å²) in [6.45, 7) is 0. The molecule has 4 rings (SSSR count). The summed E-state index contributed by atoms with van der Waals surface area (Å²) in [5, 5.41) is 10.1. The zero-order valence-electron chi connectivity index (χ0n) is 8.41. The van der Waals surface area contributed by atoms with Crippen LogP contribution < -0.4 is 0 Å². The van der Waals surface area contributed by atoms with Crippen LogP contribution in [0.4, 0.5) is 0 Å². The van der Waals surface area contributed by atoms with Crippen molar-refractivity contribution in [2.45, 2.75) is 11.7 Å². The fourth-order valence-corrected chi connectivity index (χ4v) is 2.62. The highest BCUT2D eigenvalue weighted by Gasteiger charge is 2.67. The van der Waals surface area contributed by atoms with Gasteiger partial charge in [0.25, 0.3) is 0 Å². The van der Waals surface area contributed by atoms with Crippen molar-refractivity contribution in [3.8, 4) is 0 Å². The number of hydrogen-bond donors (Lipinski definition) is 1. The Morgan fingerprint density at radius 2 is 2.06 bits per heavy atom. The molecule has 84 valence electrons. The van der Waals surface area contributed by atoms with Crippen LogP contribution in [0.3, 0.4) is 0 Å². The van der Waals surface area contributed by atoms with Crippen LogP contribution in [0.2, 0.25) is 0 Å². The minimum Gasteiger partial charge on any atom is -0.455 e. The molecule has 0 saturated carbocycles. The van der Waals surface area contributed by atoms with Crippen LogP contribution in [-0.2, 0) is 19.1 Å². The zero-order chi connectivity index (χ0) is 11.7. The second-order valence-corrected chi connectivity index (χ2v) is 4.29. The number of aliphatic hydroxyl groups is 1. The van der Waals surface area contributed by atoms with Gasteiger partial charge >= 0.3 is 5.97 Å². The largest absolute Gasteiger partial charge is 0.455 e. The lowest BCUT2D eigenvalue weighted by Gasteiger charge is -2.42. The Bertz CT molecular complexity index is 456. The molecule has 2 fully saturated rings. The van der Waals surface area contributed by atoms with Crippen LogP contribution >= 0.6 is 0 Å². The van der Waals surface area contributed by atoms with Gasteiger partial charge in [0.15, 0.2) is 5.60 Å². The molecule has 6 nitrogen and oxygen atoms in total. The third kappa shape index (κ3) is 0.802. The first-order valence-corrected chi connectivity index (χ1v) is 4.91. The number of esters is 1. The van der Waals surface area contributed by atoms with Crippen molar-refractivity contribution in [2.24, 2.45) is 11.8 Å². The molecule has 4 atom stereocenters. The summed E-state index contributed by atoms with van der Waals surface area (Å²) in [7, 11) is 1.34. The molecule has 1 aliphatic carbocycles. The van der Waals surface area contributed by atoms with Crippen molar-refractivity contribution in [3.63, 3.8) is 0 Å². The fourth-order valence-electron chi connectivity index (χ4n) is 2.62. The number of imide groups is 1. The van der Waals surface area contributed by atoms with Crippen LogP contribution in [-0.4, -0.2) is 46.5 Å². The number of rotatable bonds is 0. The predicted octanol–water partition coefficient (Wildman–Crippen LogP) is -1.56. The standard InChI is InChI=1S/C10H9NO5/c1-11-7(12)5-4-2-3-10(15,9(14)16-4)6(5)8(11)13/h2-6,15H,1H3/t4-,5+,6-,10-/m0/s1. The fraction of sp³-hybridized carbons (Fsp3) is 0.500. The van der Waals surface area contributed by atoms with Gasteiger partial charge in [-0.05, 0) is 12.2 Å². The van der Waals surface area contributed by atoms with Crippen LogP contribution in [0.15, 0.2) is 12.2 Å². The molecule has 0 unspecified atom stereocenters. The van der Waals surface area contributed by atoms with Crippen LogP contribution in [0, 0.1) is 11.8 Å². The van der Waals surface area contributed by atoms with E-state index in [1.54, 1.807) is 0 Å². The summed E-state index contributed by atoms with van der Waals surface area (Å²) in [6.07, 6.45) is 2.00. The van der Waals surface area contributed by atoms with Gasteiger partial charge < -0.3 is 9.84 Å². The van der Waals surface area contributed by atoms with Crippen LogP contribution in [0.25, 0.3) is 0 Å². The number of fused-ring (bicyclic) bond motifs is 1. The van der Waals surface area contributed by atoms with Crippen molar-refractivity contribution in [1.82, 2.24) is 4.90 Å². The van der Waals surface area contributed by atoms with E-state index >= 15 is 0 Å². The molecule has 16 heavy (non-hydrogen) atoms. The monoisotopic (exact) mass is 223 g/mol. The average Bonchev–Trinajstić information content (AvgIpc) is 2.48. The summed E-state index contributed by atoms with van der Waals surface area (Å²) in [5.41, 5.74) is -1.98. The normalized spacial score (nSPS) is 45.0. The molecule has 0 aromatic heterocycles. The number of carbonyl (C=O) groups excluding carboxylic acids is 3. The molecular weight excluding hydrogens is 214 g/mol. The summed E-state index contributed by atoms with van der Waals surface area (Å²) >= 11 is 0. The lowest BCUT2D eigenvalue weighted by Crippen LogP contribution is -2.60. The minimum atomic E-state index is -1.98. The SMILES string of the molecule is CN1C(=O)[C@@H]2[C@@H]3C=C[C@@](O)(C(=O)O3)[C@@H]2C1=O. The van der Waals surface area contributed by atoms with Crippen LogP contribution in [0.1, 0.15) is 0 Å². The number of ether oxygens (including phenoxy) is 1. The van der Waals surface area contributed by atoms with E-state index in [4.69, 9.17) is 4.74 Å². The van der Waals surface area contributed by atoms with E-state index in [-0.39, 0.29) is 0 Å². The summed E-state index contributed by atoms with van der Waals surface area (Å²) in [5.74, 6) is -3.58. The quantitative estimate of drug-likeness (QED) is 0.305. The molecule has 0 radical (unpaired) electrons. The Labute approximate surface area is 90.5 Å². The van der Waals surface area contributed by atoms with Gasteiger partial charge in [0.05, 0.1) is 11.8 Å². The second-order valence-electron chi connectivity index (χ2n) is 4.29. The third-order valence-electron chi connectivity index (χ3n) is 3.51. The van der Waals surface area contributed by atoms with Gasteiger partial charge in [0, 0.05) is 7.05 Å². The molecule has 3 heterocycles.